The third kappa shape index (κ3) is 2.67. The fourth-order valence-corrected chi connectivity index (χ4v) is 2.96. The molecule has 2 aromatic rings. The van der Waals surface area contributed by atoms with E-state index >= 15 is 0 Å². The molecule has 0 saturated heterocycles. The van der Waals surface area contributed by atoms with Gasteiger partial charge >= 0.3 is 0 Å². The van der Waals surface area contributed by atoms with E-state index in [1.807, 2.05) is 0 Å². The summed E-state index contributed by atoms with van der Waals surface area (Å²) in [4.78, 5) is 28.5. The van der Waals surface area contributed by atoms with Gasteiger partial charge in [0.2, 0.25) is 0 Å². The third-order valence-electron chi connectivity index (χ3n) is 2.94. The average Bonchev–Trinajstić information content (AvgIpc) is 2.87. The molecule has 0 aliphatic carbocycles. The molecule has 9 heteroatoms. The lowest BCUT2D eigenvalue weighted by Gasteiger charge is -2.28. The van der Waals surface area contributed by atoms with Crippen molar-refractivity contribution in [3.05, 3.63) is 43.9 Å². The number of halogens is 1. The average molecular weight is 326 g/mol. The first-order valence-electron chi connectivity index (χ1n) is 5.86. The SMILES string of the molecule is O=C1COc2ccc([N+](=O)[O-])cc2N1Cc1cnc(Cl)s1. The molecule has 0 N–H and O–H groups in total. The van der Waals surface area contributed by atoms with Gasteiger partial charge in [-0.1, -0.05) is 11.6 Å². The molecule has 0 spiro atoms. The van der Waals surface area contributed by atoms with Crippen molar-refractivity contribution in [3.8, 4) is 5.75 Å². The fraction of sp³-hybridized carbons (Fsp3) is 0.167. The van der Waals surface area contributed by atoms with Crippen LogP contribution in [0.3, 0.4) is 0 Å². The van der Waals surface area contributed by atoms with Crippen molar-refractivity contribution in [2.24, 2.45) is 0 Å². The van der Waals surface area contributed by atoms with Crippen molar-refractivity contribution < 1.29 is 14.5 Å². The summed E-state index contributed by atoms with van der Waals surface area (Å²) in [5.41, 5.74) is 0.282. The van der Waals surface area contributed by atoms with Gasteiger partial charge in [0.25, 0.3) is 11.6 Å². The second-order valence-corrected chi connectivity index (χ2v) is 5.95. The van der Waals surface area contributed by atoms with E-state index in [1.54, 1.807) is 6.20 Å². The minimum atomic E-state index is -0.513. The van der Waals surface area contributed by atoms with Crippen LogP contribution >= 0.6 is 22.9 Å². The minimum Gasteiger partial charge on any atom is -0.482 e. The van der Waals surface area contributed by atoms with Gasteiger partial charge in [-0.2, -0.15) is 0 Å². The maximum absolute atomic E-state index is 12.0. The molecule has 0 radical (unpaired) electrons. The van der Waals surface area contributed by atoms with E-state index in [9.17, 15) is 14.9 Å². The Labute approximate surface area is 127 Å². The van der Waals surface area contributed by atoms with Crippen molar-refractivity contribution in [1.29, 1.82) is 0 Å². The van der Waals surface area contributed by atoms with Crippen molar-refractivity contribution in [3.63, 3.8) is 0 Å². The molecule has 2 heterocycles. The highest BCUT2D eigenvalue weighted by Crippen LogP contribution is 2.36. The first kappa shape index (κ1) is 13.8. The van der Waals surface area contributed by atoms with Crippen LogP contribution in [0.2, 0.25) is 4.47 Å². The van der Waals surface area contributed by atoms with Gasteiger partial charge in [0.15, 0.2) is 11.1 Å². The number of amides is 1. The van der Waals surface area contributed by atoms with Crippen LogP contribution in [-0.4, -0.2) is 22.4 Å². The quantitative estimate of drug-likeness (QED) is 0.639. The van der Waals surface area contributed by atoms with Crippen LogP contribution in [0.1, 0.15) is 4.88 Å². The number of non-ortho nitro benzene ring substituents is 1. The minimum absolute atomic E-state index is 0.0978. The summed E-state index contributed by atoms with van der Waals surface area (Å²) in [6.45, 7) is 0.151. The smallest absolute Gasteiger partial charge is 0.271 e. The second kappa shape index (κ2) is 5.30. The first-order chi connectivity index (χ1) is 10.0. The number of rotatable bonds is 3. The largest absolute Gasteiger partial charge is 0.482 e. The number of fused-ring (bicyclic) bond motifs is 1. The van der Waals surface area contributed by atoms with E-state index in [-0.39, 0.29) is 24.7 Å². The molecule has 0 unspecified atom stereocenters. The predicted molar refractivity (Wildman–Crippen MR) is 76.9 cm³/mol. The highest BCUT2D eigenvalue weighted by atomic mass is 35.5. The number of hydrogen-bond acceptors (Lipinski definition) is 6. The lowest BCUT2D eigenvalue weighted by atomic mass is 10.2. The van der Waals surface area contributed by atoms with Gasteiger partial charge in [-0.05, 0) is 6.07 Å². The normalized spacial score (nSPS) is 13.8. The second-order valence-electron chi connectivity index (χ2n) is 4.26. The van der Waals surface area contributed by atoms with Crippen LogP contribution in [0.25, 0.3) is 0 Å². The van der Waals surface area contributed by atoms with Gasteiger partial charge in [-0.15, -0.1) is 11.3 Å². The molecular weight excluding hydrogens is 318 g/mol. The molecule has 0 fully saturated rings. The molecule has 108 valence electrons. The Morgan fingerprint density at radius 3 is 3.00 bits per heavy atom. The molecule has 7 nitrogen and oxygen atoms in total. The lowest BCUT2D eigenvalue weighted by molar-refractivity contribution is -0.384. The molecule has 0 saturated carbocycles. The monoisotopic (exact) mass is 325 g/mol. The van der Waals surface area contributed by atoms with Crippen LogP contribution in [0.15, 0.2) is 24.4 Å². The number of ether oxygens (including phenoxy) is 1. The van der Waals surface area contributed by atoms with E-state index in [0.29, 0.717) is 15.9 Å². The van der Waals surface area contributed by atoms with E-state index in [0.717, 1.165) is 4.88 Å². The molecule has 1 aromatic carbocycles. The topological polar surface area (TPSA) is 85.6 Å². The Morgan fingerprint density at radius 2 is 2.33 bits per heavy atom. The highest BCUT2D eigenvalue weighted by Gasteiger charge is 2.28. The van der Waals surface area contributed by atoms with Gasteiger partial charge in [0, 0.05) is 23.2 Å². The molecule has 1 amide bonds. The molecular formula is C12H8ClN3O4S. The van der Waals surface area contributed by atoms with Gasteiger partial charge < -0.3 is 9.64 Å². The zero-order valence-corrected chi connectivity index (χ0v) is 12.1. The van der Waals surface area contributed by atoms with Crippen LogP contribution in [0.4, 0.5) is 11.4 Å². The number of hydrogen-bond donors (Lipinski definition) is 0. The van der Waals surface area contributed by atoms with E-state index in [2.05, 4.69) is 4.98 Å². The Kier molecular flexibility index (Phi) is 3.48. The van der Waals surface area contributed by atoms with Gasteiger partial charge in [0.05, 0.1) is 17.2 Å². The zero-order valence-electron chi connectivity index (χ0n) is 10.5. The van der Waals surface area contributed by atoms with E-state index in [1.165, 1.54) is 34.4 Å². The summed E-state index contributed by atoms with van der Waals surface area (Å²) < 4.78 is 5.67. The Hall–Kier alpha value is -2.19. The summed E-state index contributed by atoms with van der Waals surface area (Å²) in [6, 6.07) is 4.16. The molecule has 21 heavy (non-hydrogen) atoms. The standard InChI is InChI=1S/C12H8ClN3O4S/c13-12-14-4-8(21-12)5-15-9-3-7(16(18)19)1-2-10(9)20-6-11(15)17/h1-4H,5-6H2. The number of carbonyl (C=O) groups excluding carboxylic acids is 1. The summed E-state index contributed by atoms with van der Waals surface area (Å²) >= 11 is 7.03. The zero-order chi connectivity index (χ0) is 15.0. The summed E-state index contributed by atoms with van der Waals surface area (Å²) in [5, 5.41) is 10.9. The Bertz CT molecular complexity index is 733. The molecule has 3 rings (SSSR count). The van der Waals surface area contributed by atoms with Gasteiger partial charge in [0.1, 0.15) is 5.75 Å². The van der Waals surface area contributed by atoms with Crippen LogP contribution in [-0.2, 0) is 11.3 Å². The van der Waals surface area contributed by atoms with Crippen LogP contribution in [0.5, 0.6) is 5.75 Å². The number of nitro groups is 1. The maximum atomic E-state index is 12.0. The number of aromatic nitrogens is 1. The van der Waals surface area contributed by atoms with Crippen molar-refractivity contribution in [1.82, 2.24) is 4.98 Å². The summed E-state index contributed by atoms with van der Waals surface area (Å²) in [7, 11) is 0. The Morgan fingerprint density at radius 1 is 1.52 bits per heavy atom. The molecule has 1 aliphatic rings. The van der Waals surface area contributed by atoms with Crippen LogP contribution in [0, 0.1) is 10.1 Å². The van der Waals surface area contributed by atoms with E-state index < -0.39 is 4.92 Å². The predicted octanol–water partition coefficient (Wildman–Crippen LogP) is 2.63. The number of carbonyl (C=O) groups is 1. The lowest BCUT2D eigenvalue weighted by Crippen LogP contribution is -2.38. The number of benzene rings is 1. The summed E-state index contributed by atoms with van der Waals surface area (Å²) in [5.74, 6) is 0.170. The highest BCUT2D eigenvalue weighted by molar-refractivity contribution is 7.15. The first-order valence-corrected chi connectivity index (χ1v) is 7.06. The van der Waals surface area contributed by atoms with Crippen molar-refractivity contribution >= 4 is 40.2 Å². The van der Waals surface area contributed by atoms with Crippen molar-refractivity contribution in [2.75, 3.05) is 11.5 Å². The van der Waals surface area contributed by atoms with E-state index in [4.69, 9.17) is 16.3 Å². The fourth-order valence-electron chi connectivity index (χ4n) is 1.99. The summed E-state index contributed by atoms with van der Waals surface area (Å²) in [6.07, 6.45) is 1.58. The van der Waals surface area contributed by atoms with Gasteiger partial charge in [-0.25, -0.2) is 4.98 Å². The number of nitro benzene ring substituents is 1. The van der Waals surface area contributed by atoms with Crippen LogP contribution < -0.4 is 9.64 Å². The van der Waals surface area contributed by atoms with Crippen molar-refractivity contribution in [2.45, 2.75) is 6.54 Å². The third-order valence-corrected chi connectivity index (χ3v) is 4.04. The number of thiazole rings is 1. The molecule has 0 bridgehead atoms. The number of nitrogens with zero attached hydrogens (tertiary/aromatic N) is 3. The molecule has 0 atom stereocenters. The van der Waals surface area contributed by atoms with Gasteiger partial charge in [-0.3, -0.25) is 14.9 Å². The molecule has 1 aromatic heterocycles. The number of anilines is 1. The molecule has 1 aliphatic heterocycles. The maximum Gasteiger partial charge on any atom is 0.271 e. The Balaban J connectivity index is 1.99.